The highest BCUT2D eigenvalue weighted by Gasteiger charge is 2.33. The average molecular weight is 539 g/mol. The number of nitrogens with one attached hydrogen (secondary N) is 1. The van der Waals surface area contributed by atoms with Crippen LogP contribution < -0.4 is 10.2 Å². The fourth-order valence-electron chi connectivity index (χ4n) is 6.43. The Hall–Kier alpha value is -4.41. The maximum atomic E-state index is 14.5. The Kier molecular flexibility index (Phi) is 7.00. The third-order valence-corrected chi connectivity index (χ3v) is 8.60. The number of carbonyl (C=O) groups is 1. The van der Waals surface area contributed by atoms with Gasteiger partial charge in [-0.3, -0.25) is 4.79 Å². The Labute approximate surface area is 242 Å². The molecule has 3 aliphatic rings. The first-order valence-corrected chi connectivity index (χ1v) is 14.7. The van der Waals surface area contributed by atoms with Crippen molar-refractivity contribution in [1.29, 1.82) is 0 Å². The zero-order valence-corrected chi connectivity index (χ0v) is 23.2. The predicted octanol–water partition coefficient (Wildman–Crippen LogP) is 7.63. The van der Waals surface area contributed by atoms with Crippen molar-refractivity contribution in [2.45, 2.75) is 38.1 Å². The molecule has 0 atom stereocenters. The molecule has 4 nitrogen and oxygen atoms in total. The van der Waals surface area contributed by atoms with E-state index in [1.54, 1.807) is 0 Å². The number of nitrogens with zero attached hydrogens (tertiary/aromatic N) is 1. The van der Waals surface area contributed by atoms with Crippen LogP contribution in [0.1, 0.15) is 47.4 Å². The van der Waals surface area contributed by atoms with Crippen molar-refractivity contribution in [1.82, 2.24) is 5.32 Å². The number of amides is 1. The van der Waals surface area contributed by atoms with Gasteiger partial charge in [0.05, 0.1) is 6.54 Å². The summed E-state index contributed by atoms with van der Waals surface area (Å²) in [7, 11) is 0. The second-order valence-electron chi connectivity index (χ2n) is 11.2. The van der Waals surface area contributed by atoms with Gasteiger partial charge in [0.25, 0.3) is 5.91 Å². The van der Waals surface area contributed by atoms with Gasteiger partial charge in [0, 0.05) is 11.3 Å². The highest BCUT2D eigenvalue weighted by atomic mass is 16.5. The molecule has 0 radical (unpaired) electrons. The second-order valence-corrected chi connectivity index (χ2v) is 11.2. The van der Waals surface area contributed by atoms with Crippen molar-refractivity contribution in [2.75, 3.05) is 18.0 Å². The molecule has 4 heteroatoms. The summed E-state index contributed by atoms with van der Waals surface area (Å²) in [5.41, 5.74) is 9.01. The molecule has 0 saturated carbocycles. The van der Waals surface area contributed by atoms with Crippen molar-refractivity contribution in [2.24, 2.45) is 0 Å². The molecule has 3 heterocycles. The lowest BCUT2D eigenvalue weighted by Gasteiger charge is -2.28. The summed E-state index contributed by atoms with van der Waals surface area (Å²) in [6.07, 6.45) is 5.83. The minimum atomic E-state index is -0.0715. The molecule has 1 fully saturated rings. The van der Waals surface area contributed by atoms with Crippen LogP contribution in [0.3, 0.4) is 0 Å². The lowest BCUT2D eigenvalue weighted by Crippen LogP contribution is -2.33. The van der Waals surface area contributed by atoms with Crippen LogP contribution >= 0.6 is 0 Å². The summed E-state index contributed by atoms with van der Waals surface area (Å²) in [5, 5.41) is 3.49. The smallest absolute Gasteiger partial charge is 0.294 e. The third kappa shape index (κ3) is 5.12. The minimum Gasteiger partial charge on any atom is -0.451 e. The van der Waals surface area contributed by atoms with Crippen molar-refractivity contribution < 1.29 is 9.53 Å². The zero-order valence-electron chi connectivity index (χ0n) is 23.2. The Morgan fingerprint density at radius 2 is 1.51 bits per heavy atom. The third-order valence-electron chi connectivity index (χ3n) is 8.60. The number of hydrogen-bond acceptors (Lipinski definition) is 3. The number of hydrogen-bond donors (Lipinski definition) is 1. The highest BCUT2D eigenvalue weighted by molar-refractivity contribution is 6.07. The van der Waals surface area contributed by atoms with Crippen LogP contribution in [0.2, 0.25) is 0 Å². The lowest BCUT2D eigenvalue weighted by atomic mass is 9.87. The van der Waals surface area contributed by atoms with E-state index in [1.165, 1.54) is 11.1 Å². The van der Waals surface area contributed by atoms with Crippen molar-refractivity contribution >= 4 is 17.4 Å². The monoisotopic (exact) mass is 538 g/mol. The van der Waals surface area contributed by atoms with Crippen LogP contribution in [-0.2, 0) is 22.5 Å². The summed E-state index contributed by atoms with van der Waals surface area (Å²) in [6, 6.07) is 35.7. The van der Waals surface area contributed by atoms with Crippen LogP contribution in [0.4, 0.5) is 5.69 Å². The number of fused-ring (bicyclic) bond motifs is 1. The van der Waals surface area contributed by atoms with E-state index in [1.807, 2.05) is 41.3 Å². The number of piperidine rings is 1. The summed E-state index contributed by atoms with van der Waals surface area (Å²) in [6.45, 7) is 2.58. The number of rotatable bonds is 5. The molecule has 0 spiro atoms. The van der Waals surface area contributed by atoms with E-state index in [0.29, 0.717) is 31.1 Å². The summed E-state index contributed by atoms with van der Waals surface area (Å²) >= 11 is 0. The van der Waals surface area contributed by atoms with Gasteiger partial charge in [-0.2, -0.15) is 0 Å². The van der Waals surface area contributed by atoms with Crippen LogP contribution in [0.15, 0.2) is 121 Å². The Bertz CT molecular complexity index is 1630. The molecule has 3 aliphatic heterocycles. The van der Waals surface area contributed by atoms with E-state index < -0.39 is 0 Å². The number of carbonyl (C=O) groups excluding carboxylic acids is 1. The minimum absolute atomic E-state index is 0.0715. The molecule has 4 aromatic rings. The quantitative estimate of drug-likeness (QED) is 0.284. The SMILES string of the molecule is O=C1C2=C(CC=C(c3ccccc3)O2)Cc2cc(C3CCNCC3)ccc2N1Cc1ccccc1-c1ccccc1. The maximum Gasteiger partial charge on any atom is 0.294 e. The molecule has 0 bridgehead atoms. The standard InChI is InChI=1S/C37H34N2O2/c40-37-36-30(16-18-35(41-36)28-11-5-2-6-12-28)24-32-23-29(26-19-21-38-22-20-26)15-17-34(32)39(37)25-31-13-7-8-14-33(31)27-9-3-1-4-10-27/h1-15,17-18,23,26,38H,16,19-22,24-25H2. The molecule has 7 rings (SSSR count). The molecular weight excluding hydrogens is 504 g/mol. The summed E-state index contributed by atoms with van der Waals surface area (Å²) in [5.74, 6) is 1.71. The van der Waals surface area contributed by atoms with Gasteiger partial charge >= 0.3 is 0 Å². The van der Waals surface area contributed by atoms with Gasteiger partial charge in [-0.05, 0) is 90.2 Å². The molecule has 41 heavy (non-hydrogen) atoms. The Balaban J connectivity index is 1.30. The van der Waals surface area contributed by atoms with E-state index in [9.17, 15) is 4.79 Å². The molecule has 0 aliphatic carbocycles. The van der Waals surface area contributed by atoms with Gasteiger partial charge in [-0.1, -0.05) is 97.1 Å². The van der Waals surface area contributed by atoms with Gasteiger partial charge in [-0.25, -0.2) is 0 Å². The molecule has 204 valence electrons. The largest absolute Gasteiger partial charge is 0.451 e. The number of benzene rings is 4. The van der Waals surface area contributed by atoms with E-state index in [2.05, 4.69) is 78.1 Å². The summed E-state index contributed by atoms with van der Waals surface area (Å²) in [4.78, 5) is 16.4. The van der Waals surface area contributed by atoms with E-state index in [0.717, 1.165) is 65.2 Å². The normalized spacial score (nSPS) is 17.3. The van der Waals surface area contributed by atoms with Gasteiger partial charge in [0.15, 0.2) is 5.76 Å². The first-order chi connectivity index (χ1) is 20.2. The second kappa shape index (κ2) is 11.2. The predicted molar refractivity (Wildman–Crippen MR) is 165 cm³/mol. The van der Waals surface area contributed by atoms with Crippen molar-refractivity contribution in [3.8, 4) is 11.1 Å². The molecule has 0 unspecified atom stereocenters. The van der Waals surface area contributed by atoms with E-state index in [4.69, 9.17) is 4.74 Å². The van der Waals surface area contributed by atoms with Crippen molar-refractivity contribution in [3.63, 3.8) is 0 Å². The fraction of sp³-hybridized carbons (Fsp3) is 0.216. The van der Waals surface area contributed by atoms with Crippen LogP contribution in [-0.4, -0.2) is 19.0 Å². The number of allylic oxidation sites excluding steroid dienone is 2. The summed E-state index contributed by atoms with van der Waals surface area (Å²) < 4.78 is 6.47. The first-order valence-electron chi connectivity index (χ1n) is 14.7. The van der Waals surface area contributed by atoms with Gasteiger partial charge in [0.2, 0.25) is 0 Å². The van der Waals surface area contributed by atoms with E-state index in [-0.39, 0.29) is 5.91 Å². The Morgan fingerprint density at radius 1 is 0.805 bits per heavy atom. The van der Waals surface area contributed by atoms with Crippen LogP contribution in [0.5, 0.6) is 0 Å². The molecular formula is C37H34N2O2. The molecule has 1 amide bonds. The zero-order chi connectivity index (χ0) is 27.6. The fourth-order valence-corrected chi connectivity index (χ4v) is 6.43. The lowest BCUT2D eigenvalue weighted by molar-refractivity contribution is -0.117. The first kappa shape index (κ1) is 25.6. The van der Waals surface area contributed by atoms with E-state index >= 15 is 0 Å². The number of ether oxygens (including phenoxy) is 1. The molecule has 0 aromatic heterocycles. The topological polar surface area (TPSA) is 41.6 Å². The van der Waals surface area contributed by atoms with Gasteiger partial charge in [-0.15, -0.1) is 0 Å². The van der Waals surface area contributed by atoms with Crippen molar-refractivity contribution in [3.05, 3.63) is 143 Å². The molecule has 1 saturated heterocycles. The Morgan fingerprint density at radius 3 is 2.29 bits per heavy atom. The highest BCUT2D eigenvalue weighted by Crippen LogP contribution is 2.40. The van der Waals surface area contributed by atoms with Crippen LogP contribution in [0, 0.1) is 0 Å². The van der Waals surface area contributed by atoms with Gasteiger partial charge in [0.1, 0.15) is 5.76 Å². The molecule has 1 N–H and O–H groups in total. The van der Waals surface area contributed by atoms with Crippen LogP contribution in [0.25, 0.3) is 16.9 Å². The van der Waals surface area contributed by atoms with Gasteiger partial charge < -0.3 is 15.0 Å². The average Bonchev–Trinajstić information content (AvgIpc) is 3.16. The molecule has 4 aromatic carbocycles. The maximum absolute atomic E-state index is 14.5. The number of anilines is 1.